The molecule has 0 aliphatic heterocycles. The third-order valence-electron chi connectivity index (χ3n) is 3.90. The van der Waals surface area contributed by atoms with Gasteiger partial charge in [-0.25, -0.2) is 8.78 Å². The summed E-state index contributed by atoms with van der Waals surface area (Å²) < 4.78 is 27.1. The van der Waals surface area contributed by atoms with Crippen molar-refractivity contribution in [3.63, 3.8) is 0 Å². The summed E-state index contributed by atoms with van der Waals surface area (Å²) in [4.78, 5) is 15.4. The second-order valence-electron chi connectivity index (χ2n) is 5.76. The number of benzene rings is 2. The van der Waals surface area contributed by atoms with Gasteiger partial charge in [0.05, 0.1) is 11.1 Å². The lowest BCUT2D eigenvalue weighted by molar-refractivity contribution is 0.112. The molecule has 0 bridgehead atoms. The molecule has 0 spiro atoms. The number of carbonyl (C=O) groups excluding carboxylic acids is 1. The Morgan fingerprint density at radius 3 is 2.39 bits per heavy atom. The lowest BCUT2D eigenvalue weighted by Gasteiger charge is -2.16. The number of pyridine rings is 1. The van der Waals surface area contributed by atoms with Crippen LogP contribution < -0.4 is 0 Å². The van der Waals surface area contributed by atoms with E-state index in [1.54, 1.807) is 18.3 Å². The van der Waals surface area contributed by atoms with E-state index >= 15 is 0 Å². The van der Waals surface area contributed by atoms with Crippen LogP contribution in [-0.2, 0) is 0 Å². The van der Waals surface area contributed by atoms with Gasteiger partial charge < -0.3 is 0 Å². The Kier molecular flexibility index (Phi) is 3.90. The summed E-state index contributed by atoms with van der Waals surface area (Å²) in [6.07, 6.45) is 2.21. The van der Waals surface area contributed by atoms with Gasteiger partial charge in [0.15, 0.2) is 6.29 Å². The highest BCUT2D eigenvalue weighted by Crippen LogP contribution is 2.35. The molecule has 0 fully saturated rings. The van der Waals surface area contributed by atoms with Crippen LogP contribution in [0.4, 0.5) is 8.78 Å². The van der Waals surface area contributed by atoms with E-state index < -0.39 is 5.82 Å². The van der Waals surface area contributed by atoms with Gasteiger partial charge >= 0.3 is 0 Å². The van der Waals surface area contributed by atoms with E-state index in [1.807, 2.05) is 13.8 Å². The maximum Gasteiger partial charge on any atom is 0.153 e. The number of carbonyl (C=O) groups is 1. The monoisotopic (exact) mass is 311 g/mol. The number of hydrogen-bond acceptors (Lipinski definition) is 2. The summed E-state index contributed by atoms with van der Waals surface area (Å²) in [5.74, 6) is -0.739. The molecule has 1 aromatic heterocycles. The first-order valence-electron chi connectivity index (χ1n) is 7.34. The average molecular weight is 311 g/mol. The Morgan fingerprint density at radius 2 is 1.78 bits per heavy atom. The second kappa shape index (κ2) is 5.88. The van der Waals surface area contributed by atoms with E-state index in [0.717, 1.165) is 16.7 Å². The molecule has 3 aromatic rings. The van der Waals surface area contributed by atoms with Crippen LogP contribution in [0.1, 0.15) is 35.7 Å². The van der Waals surface area contributed by atoms with Crippen molar-refractivity contribution in [2.75, 3.05) is 0 Å². The van der Waals surface area contributed by atoms with Crippen molar-refractivity contribution in [2.45, 2.75) is 19.8 Å². The molecule has 0 aliphatic rings. The van der Waals surface area contributed by atoms with Crippen LogP contribution in [0, 0.1) is 11.6 Å². The first kappa shape index (κ1) is 15.3. The molecule has 0 unspecified atom stereocenters. The number of rotatable bonds is 3. The molecule has 0 atom stereocenters. The molecule has 2 nitrogen and oxygen atoms in total. The maximum atomic E-state index is 13.8. The standard InChI is InChI=1S/C19H15F2NO/c1-11(2)16-9-22-18-8-17(21)13(10-23)7-15(18)19(16)12-3-5-14(20)6-4-12/h3-11H,1-2H3. The third-order valence-corrected chi connectivity index (χ3v) is 3.90. The number of aldehydes is 1. The zero-order chi connectivity index (χ0) is 16.6. The van der Waals surface area contributed by atoms with Crippen LogP contribution in [0.3, 0.4) is 0 Å². The number of hydrogen-bond donors (Lipinski definition) is 0. The molecule has 0 radical (unpaired) electrons. The van der Waals surface area contributed by atoms with Crippen LogP contribution in [0.2, 0.25) is 0 Å². The minimum Gasteiger partial charge on any atom is -0.298 e. The van der Waals surface area contributed by atoms with E-state index in [-0.39, 0.29) is 17.3 Å². The van der Waals surface area contributed by atoms with E-state index in [2.05, 4.69) is 4.98 Å². The van der Waals surface area contributed by atoms with Gasteiger partial charge in [0.2, 0.25) is 0 Å². The first-order chi connectivity index (χ1) is 11.0. The quantitative estimate of drug-likeness (QED) is 0.629. The molecule has 0 saturated heterocycles. The highest BCUT2D eigenvalue weighted by atomic mass is 19.1. The van der Waals surface area contributed by atoms with Crippen molar-refractivity contribution in [1.82, 2.24) is 4.98 Å². The molecular formula is C19H15F2NO. The Bertz CT molecular complexity index is 886. The topological polar surface area (TPSA) is 30.0 Å². The van der Waals surface area contributed by atoms with E-state index in [1.165, 1.54) is 24.3 Å². The van der Waals surface area contributed by atoms with Gasteiger partial charge in [-0.05, 0) is 40.8 Å². The number of nitrogens with zero attached hydrogens (tertiary/aromatic N) is 1. The zero-order valence-corrected chi connectivity index (χ0v) is 12.8. The minimum atomic E-state index is -0.595. The first-order valence-corrected chi connectivity index (χ1v) is 7.34. The van der Waals surface area contributed by atoms with Crippen molar-refractivity contribution < 1.29 is 13.6 Å². The lowest BCUT2D eigenvalue weighted by Crippen LogP contribution is -1.98. The fourth-order valence-corrected chi connectivity index (χ4v) is 2.71. The van der Waals surface area contributed by atoms with Crippen LogP contribution >= 0.6 is 0 Å². The molecule has 4 heteroatoms. The van der Waals surface area contributed by atoms with Gasteiger partial charge in [0.1, 0.15) is 11.6 Å². The van der Waals surface area contributed by atoms with Crippen LogP contribution in [0.25, 0.3) is 22.0 Å². The van der Waals surface area contributed by atoms with Gasteiger partial charge in [-0.1, -0.05) is 26.0 Å². The Hall–Kier alpha value is -2.62. The van der Waals surface area contributed by atoms with Crippen molar-refractivity contribution >= 4 is 17.2 Å². The molecule has 0 N–H and O–H groups in total. The smallest absolute Gasteiger partial charge is 0.153 e. The lowest BCUT2D eigenvalue weighted by atomic mass is 9.90. The van der Waals surface area contributed by atoms with Gasteiger partial charge in [0, 0.05) is 17.6 Å². The molecule has 0 saturated carbocycles. The summed E-state index contributed by atoms with van der Waals surface area (Å²) in [6, 6.07) is 8.90. The summed E-state index contributed by atoms with van der Waals surface area (Å²) in [5.41, 5.74) is 3.09. The van der Waals surface area contributed by atoms with E-state index in [4.69, 9.17) is 0 Å². The highest BCUT2D eigenvalue weighted by molar-refractivity contribution is 5.99. The van der Waals surface area contributed by atoms with E-state index in [0.29, 0.717) is 17.2 Å². The van der Waals surface area contributed by atoms with Crippen LogP contribution in [0.15, 0.2) is 42.6 Å². The van der Waals surface area contributed by atoms with Gasteiger partial charge in [-0.2, -0.15) is 0 Å². The molecule has 1 heterocycles. The molecule has 2 aromatic carbocycles. The molecule has 0 aliphatic carbocycles. The van der Waals surface area contributed by atoms with E-state index in [9.17, 15) is 13.6 Å². The summed E-state index contributed by atoms with van der Waals surface area (Å²) >= 11 is 0. The molecule has 23 heavy (non-hydrogen) atoms. The summed E-state index contributed by atoms with van der Waals surface area (Å²) in [7, 11) is 0. The molecular weight excluding hydrogens is 296 g/mol. The van der Waals surface area contributed by atoms with Gasteiger partial charge in [-0.15, -0.1) is 0 Å². The Morgan fingerprint density at radius 1 is 1.09 bits per heavy atom. The fourth-order valence-electron chi connectivity index (χ4n) is 2.71. The predicted molar refractivity (Wildman–Crippen MR) is 86.6 cm³/mol. The normalized spacial score (nSPS) is 11.2. The van der Waals surface area contributed by atoms with Crippen LogP contribution in [-0.4, -0.2) is 11.3 Å². The molecule has 0 amide bonds. The molecule has 3 rings (SSSR count). The third kappa shape index (κ3) is 2.72. The highest BCUT2D eigenvalue weighted by Gasteiger charge is 2.16. The average Bonchev–Trinajstić information content (AvgIpc) is 2.53. The van der Waals surface area contributed by atoms with Crippen molar-refractivity contribution in [2.24, 2.45) is 0 Å². The maximum absolute atomic E-state index is 13.8. The summed E-state index contributed by atoms with van der Waals surface area (Å²) in [5, 5.41) is 0.686. The second-order valence-corrected chi connectivity index (χ2v) is 5.76. The fraction of sp³-hybridized carbons (Fsp3) is 0.158. The van der Waals surface area contributed by atoms with Crippen molar-refractivity contribution in [1.29, 1.82) is 0 Å². The van der Waals surface area contributed by atoms with Crippen molar-refractivity contribution in [3.05, 3.63) is 65.4 Å². The van der Waals surface area contributed by atoms with Gasteiger partial charge in [0.25, 0.3) is 0 Å². The Labute approximate surface area is 132 Å². The largest absolute Gasteiger partial charge is 0.298 e. The van der Waals surface area contributed by atoms with Crippen molar-refractivity contribution in [3.8, 4) is 11.1 Å². The minimum absolute atomic E-state index is 0.0106. The SMILES string of the molecule is CC(C)c1cnc2cc(F)c(C=O)cc2c1-c1ccc(F)cc1. The number of halogens is 2. The predicted octanol–water partition coefficient (Wildman–Crippen LogP) is 5.12. The van der Waals surface area contributed by atoms with Crippen LogP contribution in [0.5, 0.6) is 0 Å². The number of fused-ring (bicyclic) bond motifs is 1. The number of aromatic nitrogens is 1. The summed E-state index contributed by atoms with van der Waals surface area (Å²) in [6.45, 7) is 4.06. The zero-order valence-electron chi connectivity index (χ0n) is 12.8. The van der Waals surface area contributed by atoms with Gasteiger partial charge in [-0.3, -0.25) is 9.78 Å². The molecule has 116 valence electrons. The Balaban J connectivity index is 2.40.